The number of nitrogens with one attached hydrogen (secondary N) is 1. The van der Waals surface area contributed by atoms with Gasteiger partial charge < -0.3 is 38.6 Å². The molecule has 15 heteroatoms. The van der Waals surface area contributed by atoms with Gasteiger partial charge in [-0.1, -0.05) is 56.2 Å². The van der Waals surface area contributed by atoms with Crippen LogP contribution in [0.4, 0.5) is 10.5 Å². The summed E-state index contributed by atoms with van der Waals surface area (Å²) in [5.41, 5.74) is 0.321. The monoisotopic (exact) mass is 765 g/mol. The van der Waals surface area contributed by atoms with E-state index in [1.807, 2.05) is 26.8 Å². The molecule has 3 heterocycles. The maximum Gasteiger partial charge on any atom is 0.409 e. The van der Waals surface area contributed by atoms with Crippen molar-refractivity contribution in [3.05, 3.63) is 46.5 Å². The lowest BCUT2D eigenvalue weighted by Gasteiger charge is -2.41. The standard InChI is InChI=1S/C37H52ClN3O10S/c1-20-11-10-12-28(48-9)37(46)19-27(50-35(45)39-37)21(2)32-33(51-32)26(49-34(44)22(3)40(6)29(42)13-14-36(4,5)52)18-30(43)41(7)24-16-23(15-20)17-25(47-8)31(24)38/h10-12,16-17,21-22,26-28,32-33,46,52H,13-15,18-19H2,1-9H3,(H,39,45). The molecule has 2 N–H and O–H groups in total. The Kier molecular flexibility index (Phi) is 13.4. The van der Waals surface area contributed by atoms with Gasteiger partial charge in [0.05, 0.1) is 25.3 Å². The Bertz CT molecular complexity index is 1580. The zero-order chi connectivity index (χ0) is 38.7. The molecular formula is C37H52ClN3O10S. The smallest absolute Gasteiger partial charge is 0.409 e. The molecule has 3 aliphatic rings. The molecule has 0 radical (unpaired) electrons. The fourth-order valence-electron chi connectivity index (χ4n) is 6.44. The van der Waals surface area contributed by atoms with E-state index in [0.29, 0.717) is 24.3 Å². The highest BCUT2D eigenvalue weighted by atomic mass is 35.5. The Hall–Kier alpha value is -3.30. The molecule has 1 aromatic rings. The van der Waals surface area contributed by atoms with E-state index in [2.05, 4.69) is 17.9 Å². The van der Waals surface area contributed by atoms with Crippen LogP contribution in [0.15, 0.2) is 35.9 Å². The molecule has 3 amide bonds. The van der Waals surface area contributed by atoms with Crippen molar-refractivity contribution in [2.45, 2.75) is 114 Å². The zero-order valence-electron chi connectivity index (χ0n) is 31.3. The largest absolute Gasteiger partial charge is 0.495 e. The number of fused-ring (bicyclic) bond motifs is 5. The Labute approximate surface area is 316 Å². The van der Waals surface area contributed by atoms with E-state index >= 15 is 0 Å². The number of rotatable bonds is 8. The first-order valence-electron chi connectivity index (χ1n) is 17.3. The van der Waals surface area contributed by atoms with E-state index in [4.69, 9.17) is 35.3 Å². The number of carbonyl (C=O) groups is 4. The normalized spacial score (nSPS) is 28.8. The van der Waals surface area contributed by atoms with Crippen molar-refractivity contribution in [3.8, 4) is 5.75 Å². The van der Waals surface area contributed by atoms with Gasteiger partial charge in [-0.15, -0.1) is 0 Å². The van der Waals surface area contributed by atoms with Gasteiger partial charge in [0, 0.05) is 44.7 Å². The van der Waals surface area contributed by atoms with E-state index in [1.165, 1.54) is 31.1 Å². The molecule has 4 rings (SSSR count). The first-order chi connectivity index (χ1) is 24.3. The maximum atomic E-state index is 14.0. The Morgan fingerprint density at radius 1 is 1.25 bits per heavy atom. The number of epoxide rings is 1. The predicted molar refractivity (Wildman–Crippen MR) is 199 cm³/mol. The Balaban J connectivity index is 1.70. The van der Waals surface area contributed by atoms with Crippen molar-refractivity contribution < 1.29 is 48.0 Å². The number of alkyl carbamates (subject to hydrolysis) is 1. The third kappa shape index (κ3) is 10.0. The number of esters is 1. The zero-order valence-corrected chi connectivity index (χ0v) is 33.0. The molecule has 0 aliphatic carbocycles. The van der Waals surface area contributed by atoms with Crippen LogP contribution in [-0.4, -0.2) is 109 Å². The molecule has 8 atom stereocenters. The van der Waals surface area contributed by atoms with Crippen LogP contribution >= 0.6 is 24.2 Å². The van der Waals surface area contributed by atoms with Crippen LogP contribution in [0, 0.1) is 5.92 Å². The van der Waals surface area contributed by atoms with Crippen molar-refractivity contribution in [1.82, 2.24) is 10.2 Å². The molecule has 288 valence electrons. The van der Waals surface area contributed by atoms with Gasteiger partial charge in [-0.3, -0.25) is 14.9 Å². The summed E-state index contributed by atoms with van der Waals surface area (Å²) in [5.74, 6) is -1.52. The number of anilines is 1. The molecule has 3 aliphatic heterocycles. The third-order valence-electron chi connectivity index (χ3n) is 9.94. The van der Waals surface area contributed by atoms with Crippen molar-refractivity contribution in [3.63, 3.8) is 0 Å². The number of thiol groups is 1. The van der Waals surface area contributed by atoms with Gasteiger partial charge in [-0.25, -0.2) is 9.59 Å². The lowest BCUT2D eigenvalue weighted by atomic mass is 9.87. The average Bonchev–Trinajstić information content (AvgIpc) is 3.87. The summed E-state index contributed by atoms with van der Waals surface area (Å²) in [6, 6.07) is 2.61. The van der Waals surface area contributed by atoms with E-state index in [0.717, 1.165) is 11.1 Å². The van der Waals surface area contributed by atoms with Gasteiger partial charge in [0.25, 0.3) is 0 Å². The summed E-state index contributed by atoms with van der Waals surface area (Å²) in [7, 11) is 6.02. The van der Waals surface area contributed by atoms with Gasteiger partial charge >= 0.3 is 12.1 Å². The Morgan fingerprint density at radius 2 is 1.94 bits per heavy atom. The van der Waals surface area contributed by atoms with Crippen LogP contribution in [0.2, 0.25) is 5.02 Å². The number of ether oxygens (including phenoxy) is 5. The van der Waals surface area contributed by atoms with Crippen LogP contribution in [0.3, 0.4) is 0 Å². The van der Waals surface area contributed by atoms with Crippen LogP contribution in [0.25, 0.3) is 0 Å². The summed E-state index contributed by atoms with van der Waals surface area (Å²) in [6.45, 7) is 9.08. The van der Waals surface area contributed by atoms with Gasteiger partial charge in [0.1, 0.15) is 41.2 Å². The van der Waals surface area contributed by atoms with E-state index < -0.39 is 66.2 Å². The number of carbonyl (C=O) groups excluding carboxylic acids is 4. The Morgan fingerprint density at radius 3 is 2.58 bits per heavy atom. The van der Waals surface area contributed by atoms with Crippen molar-refractivity contribution in [2.24, 2.45) is 5.92 Å². The molecular weight excluding hydrogens is 714 g/mol. The van der Waals surface area contributed by atoms with Crippen molar-refractivity contribution in [2.75, 3.05) is 33.2 Å². The number of hydrogen-bond donors (Lipinski definition) is 3. The number of nitrogens with zero attached hydrogens (tertiary/aromatic N) is 2. The SMILES string of the molecule is COc1cc2cc(c1Cl)N(C)C(=O)CC(OC(=O)C(C)N(C)C(=O)CCC(C)(C)S)C1OC1C(C)C1CC(O)(NC(=O)O1)C(OC)C=CC=C(C)C2. The maximum absolute atomic E-state index is 14.0. The van der Waals surface area contributed by atoms with Gasteiger partial charge in [0.2, 0.25) is 11.8 Å². The second-order valence-corrected chi connectivity index (χ2v) is 16.2. The van der Waals surface area contributed by atoms with Crippen LogP contribution in [0.5, 0.6) is 5.75 Å². The summed E-state index contributed by atoms with van der Waals surface area (Å²) >= 11 is 11.2. The van der Waals surface area contributed by atoms with Crippen LogP contribution < -0.4 is 15.0 Å². The van der Waals surface area contributed by atoms with Crippen LogP contribution in [0.1, 0.15) is 65.9 Å². The predicted octanol–water partition coefficient (Wildman–Crippen LogP) is 4.61. The average molecular weight is 766 g/mol. The van der Waals surface area contributed by atoms with E-state index in [-0.39, 0.29) is 34.9 Å². The van der Waals surface area contributed by atoms with E-state index in [1.54, 1.807) is 45.2 Å². The quantitative estimate of drug-likeness (QED) is 0.194. The van der Waals surface area contributed by atoms with Crippen molar-refractivity contribution >= 4 is 53.8 Å². The van der Waals surface area contributed by atoms with Gasteiger partial charge in [0.15, 0.2) is 5.72 Å². The third-order valence-corrected chi connectivity index (χ3v) is 10.5. The summed E-state index contributed by atoms with van der Waals surface area (Å²) in [4.78, 5) is 56.0. The molecule has 8 unspecified atom stereocenters. The summed E-state index contributed by atoms with van der Waals surface area (Å²) < 4.78 is 28.5. The lowest BCUT2D eigenvalue weighted by Crippen LogP contribution is -2.63. The molecule has 1 aromatic carbocycles. The molecule has 0 aromatic heterocycles. The number of likely N-dealkylation sites (N-methyl/N-ethyl adjacent to an activating group) is 1. The first-order valence-corrected chi connectivity index (χ1v) is 18.2. The summed E-state index contributed by atoms with van der Waals surface area (Å²) in [6.07, 6.45) is 1.03. The topological polar surface area (TPSA) is 156 Å². The summed E-state index contributed by atoms with van der Waals surface area (Å²) in [5, 5.41) is 14.4. The molecule has 0 saturated carbocycles. The number of amides is 3. The minimum absolute atomic E-state index is 0.0404. The molecule has 0 spiro atoms. The molecule has 4 bridgehead atoms. The first kappa shape index (κ1) is 41.5. The fraction of sp³-hybridized carbons (Fsp3) is 0.622. The minimum Gasteiger partial charge on any atom is -0.495 e. The number of aliphatic hydroxyl groups is 1. The molecule has 52 heavy (non-hydrogen) atoms. The minimum atomic E-state index is -1.81. The van der Waals surface area contributed by atoms with Crippen LogP contribution in [-0.2, 0) is 39.8 Å². The van der Waals surface area contributed by atoms with E-state index in [9.17, 15) is 24.3 Å². The number of halogens is 1. The highest BCUT2D eigenvalue weighted by Crippen LogP contribution is 2.41. The van der Waals surface area contributed by atoms with Gasteiger partial charge in [-0.2, -0.15) is 12.6 Å². The fourth-order valence-corrected chi connectivity index (χ4v) is 6.87. The van der Waals surface area contributed by atoms with Gasteiger partial charge in [-0.05, 0) is 44.4 Å². The number of allylic oxidation sites excluding steroid dienone is 3. The second kappa shape index (κ2) is 16.8. The highest BCUT2D eigenvalue weighted by molar-refractivity contribution is 7.81. The molecule has 2 fully saturated rings. The number of hydrogen-bond acceptors (Lipinski definition) is 11. The number of benzene rings is 1. The number of methoxy groups -OCH3 is 2. The molecule has 2 saturated heterocycles. The highest BCUT2D eigenvalue weighted by Gasteiger charge is 2.56. The van der Waals surface area contributed by atoms with Crippen molar-refractivity contribution in [1.29, 1.82) is 0 Å². The molecule has 13 nitrogen and oxygen atoms in total. The lowest BCUT2D eigenvalue weighted by molar-refractivity contribution is -0.159. The second-order valence-electron chi connectivity index (χ2n) is 14.6.